The quantitative estimate of drug-likeness (QED) is 0.155. The van der Waals surface area contributed by atoms with E-state index in [1.165, 1.54) is 6.42 Å². The van der Waals surface area contributed by atoms with Gasteiger partial charge in [0.25, 0.3) is 0 Å². The third kappa shape index (κ3) is 10.8. The van der Waals surface area contributed by atoms with E-state index < -0.39 is 10.0 Å². The number of hydrogen-bond acceptors (Lipinski definition) is 5. The van der Waals surface area contributed by atoms with Gasteiger partial charge in [0, 0.05) is 39.4 Å². The van der Waals surface area contributed by atoms with Crippen molar-refractivity contribution >= 4 is 40.0 Å². The van der Waals surface area contributed by atoms with Gasteiger partial charge in [-0.2, -0.15) is 0 Å². The van der Waals surface area contributed by atoms with Crippen molar-refractivity contribution in [3.8, 4) is 0 Å². The predicted octanol–water partition coefficient (Wildman–Crippen LogP) is 1.07. The SMILES string of the molecule is CCNC(=NCCCOC1CCOC1)NCCS(=O)(=O)NCC1CCC1.I. The van der Waals surface area contributed by atoms with Crippen LogP contribution >= 0.6 is 24.0 Å². The molecule has 160 valence electrons. The van der Waals surface area contributed by atoms with Gasteiger partial charge in [-0.25, -0.2) is 13.1 Å². The first-order valence-electron chi connectivity index (χ1n) is 9.78. The average Bonchev–Trinajstić information content (AvgIpc) is 3.06. The number of guanidine groups is 1. The molecule has 1 saturated carbocycles. The molecule has 27 heavy (non-hydrogen) atoms. The topological polar surface area (TPSA) is 101 Å². The number of sulfonamides is 1. The number of halogens is 1. The minimum absolute atomic E-state index is 0. The molecule has 8 nitrogen and oxygen atoms in total. The molecule has 3 N–H and O–H groups in total. The summed E-state index contributed by atoms with van der Waals surface area (Å²) in [4.78, 5) is 4.46. The standard InChI is InChI=1S/C17H34N4O4S.HI/c1-2-18-17(19-8-4-10-25-16-7-11-24-14-16)20-9-12-26(22,23)21-13-15-5-3-6-15;/h15-16,21H,2-14H2,1H3,(H2,18,19,20);1H. The molecule has 2 fully saturated rings. The van der Waals surface area contributed by atoms with Crippen molar-refractivity contribution in [3.05, 3.63) is 0 Å². The molecule has 0 amide bonds. The van der Waals surface area contributed by atoms with Gasteiger partial charge in [-0.1, -0.05) is 6.42 Å². The lowest BCUT2D eigenvalue weighted by atomic mass is 9.86. The summed E-state index contributed by atoms with van der Waals surface area (Å²) in [7, 11) is -3.23. The number of aliphatic imine (C=N–C) groups is 1. The van der Waals surface area contributed by atoms with Gasteiger partial charge in [0.1, 0.15) is 0 Å². The summed E-state index contributed by atoms with van der Waals surface area (Å²) < 4.78 is 37.7. The maximum Gasteiger partial charge on any atom is 0.213 e. The van der Waals surface area contributed by atoms with Crippen LogP contribution in [0.4, 0.5) is 0 Å². The van der Waals surface area contributed by atoms with E-state index in [0.717, 1.165) is 38.8 Å². The fraction of sp³-hybridized carbons (Fsp3) is 0.941. The first-order chi connectivity index (χ1) is 12.6. The number of hydrogen-bond donors (Lipinski definition) is 3. The van der Waals surface area contributed by atoms with Crippen molar-refractivity contribution in [2.45, 2.75) is 45.1 Å². The minimum Gasteiger partial charge on any atom is -0.379 e. The van der Waals surface area contributed by atoms with E-state index in [0.29, 0.717) is 44.7 Å². The van der Waals surface area contributed by atoms with Gasteiger partial charge < -0.3 is 20.1 Å². The fourth-order valence-electron chi connectivity index (χ4n) is 2.81. The van der Waals surface area contributed by atoms with Crippen LogP contribution < -0.4 is 15.4 Å². The van der Waals surface area contributed by atoms with E-state index in [9.17, 15) is 8.42 Å². The van der Waals surface area contributed by atoms with Crippen LogP contribution in [-0.4, -0.2) is 72.2 Å². The molecule has 1 saturated heterocycles. The van der Waals surface area contributed by atoms with Crippen LogP contribution in [0.2, 0.25) is 0 Å². The van der Waals surface area contributed by atoms with Gasteiger partial charge in [-0.3, -0.25) is 4.99 Å². The summed E-state index contributed by atoms with van der Waals surface area (Å²) >= 11 is 0. The van der Waals surface area contributed by atoms with Gasteiger partial charge in [0.2, 0.25) is 10.0 Å². The Hall–Kier alpha value is -0.170. The molecule has 1 unspecified atom stereocenters. The molecule has 0 aromatic carbocycles. The summed E-state index contributed by atoms with van der Waals surface area (Å²) in [5, 5.41) is 6.22. The monoisotopic (exact) mass is 518 g/mol. The summed E-state index contributed by atoms with van der Waals surface area (Å²) in [6, 6.07) is 0. The molecular weight excluding hydrogens is 483 g/mol. The highest BCUT2D eigenvalue weighted by Gasteiger charge is 2.20. The highest BCUT2D eigenvalue weighted by molar-refractivity contribution is 14.0. The molecule has 0 radical (unpaired) electrons. The summed E-state index contributed by atoms with van der Waals surface area (Å²) in [5.74, 6) is 1.22. The summed E-state index contributed by atoms with van der Waals surface area (Å²) in [6.45, 7) is 6.40. The molecule has 0 aromatic heterocycles. The van der Waals surface area contributed by atoms with Crippen molar-refractivity contribution in [2.75, 3.05) is 51.8 Å². The van der Waals surface area contributed by atoms with Crippen LogP contribution in [0.3, 0.4) is 0 Å². The number of ether oxygens (including phenoxy) is 2. The van der Waals surface area contributed by atoms with Gasteiger partial charge in [-0.05, 0) is 38.5 Å². The van der Waals surface area contributed by atoms with Crippen LogP contribution in [0.25, 0.3) is 0 Å². The molecule has 1 atom stereocenters. The van der Waals surface area contributed by atoms with E-state index in [-0.39, 0.29) is 35.8 Å². The Labute approximate surface area is 180 Å². The largest absolute Gasteiger partial charge is 0.379 e. The Morgan fingerprint density at radius 3 is 2.70 bits per heavy atom. The van der Waals surface area contributed by atoms with Gasteiger partial charge >= 0.3 is 0 Å². The maximum absolute atomic E-state index is 12.0. The van der Waals surface area contributed by atoms with E-state index in [4.69, 9.17) is 9.47 Å². The van der Waals surface area contributed by atoms with Crippen molar-refractivity contribution < 1.29 is 17.9 Å². The third-order valence-corrected chi connectivity index (χ3v) is 5.99. The van der Waals surface area contributed by atoms with Gasteiger partial charge in [-0.15, -0.1) is 24.0 Å². The lowest BCUT2D eigenvalue weighted by molar-refractivity contribution is 0.0424. The van der Waals surface area contributed by atoms with Crippen molar-refractivity contribution in [3.63, 3.8) is 0 Å². The smallest absolute Gasteiger partial charge is 0.213 e. The Morgan fingerprint density at radius 1 is 1.26 bits per heavy atom. The highest BCUT2D eigenvalue weighted by Crippen LogP contribution is 2.25. The molecule has 10 heteroatoms. The van der Waals surface area contributed by atoms with Crippen molar-refractivity contribution in [1.29, 1.82) is 0 Å². The lowest BCUT2D eigenvalue weighted by Gasteiger charge is -2.25. The van der Waals surface area contributed by atoms with E-state index in [2.05, 4.69) is 20.3 Å². The second-order valence-corrected chi connectivity index (χ2v) is 8.79. The van der Waals surface area contributed by atoms with Crippen LogP contribution in [0, 0.1) is 5.92 Å². The first kappa shape index (κ1) is 24.9. The van der Waals surface area contributed by atoms with Gasteiger partial charge in [0.05, 0.1) is 18.5 Å². The molecular formula is C17H35IN4O4S. The van der Waals surface area contributed by atoms with Crippen molar-refractivity contribution in [2.24, 2.45) is 10.9 Å². The minimum atomic E-state index is -3.23. The fourth-order valence-corrected chi connectivity index (χ4v) is 3.81. The summed E-state index contributed by atoms with van der Waals surface area (Å²) in [5.41, 5.74) is 0. The third-order valence-electron chi connectivity index (χ3n) is 4.64. The number of rotatable bonds is 12. The summed E-state index contributed by atoms with van der Waals surface area (Å²) in [6.07, 6.45) is 5.51. The van der Waals surface area contributed by atoms with Crippen LogP contribution in [-0.2, 0) is 19.5 Å². The highest BCUT2D eigenvalue weighted by atomic mass is 127. The molecule has 1 aliphatic carbocycles. The number of nitrogens with one attached hydrogen (secondary N) is 3. The Balaban J connectivity index is 0.00000364. The van der Waals surface area contributed by atoms with E-state index in [1.54, 1.807) is 0 Å². The van der Waals surface area contributed by atoms with Crippen LogP contribution in [0.1, 0.15) is 39.0 Å². The van der Waals surface area contributed by atoms with Crippen LogP contribution in [0.15, 0.2) is 4.99 Å². The molecule has 2 rings (SSSR count). The van der Waals surface area contributed by atoms with Crippen molar-refractivity contribution in [1.82, 2.24) is 15.4 Å². The first-order valence-corrected chi connectivity index (χ1v) is 11.4. The molecule has 1 aliphatic heterocycles. The normalized spacial score (nSPS) is 20.8. The zero-order chi connectivity index (χ0) is 18.7. The Morgan fingerprint density at radius 2 is 2.07 bits per heavy atom. The molecule has 0 spiro atoms. The number of nitrogens with zero attached hydrogens (tertiary/aromatic N) is 1. The Bertz CT molecular complexity index is 523. The zero-order valence-electron chi connectivity index (χ0n) is 16.2. The second-order valence-electron chi connectivity index (χ2n) is 6.86. The molecule has 2 aliphatic rings. The van der Waals surface area contributed by atoms with Gasteiger partial charge in [0.15, 0.2) is 5.96 Å². The maximum atomic E-state index is 12.0. The predicted molar refractivity (Wildman–Crippen MR) is 118 cm³/mol. The van der Waals surface area contributed by atoms with Crippen LogP contribution in [0.5, 0.6) is 0 Å². The Kier molecular flexibility index (Phi) is 12.8. The molecule has 0 bridgehead atoms. The van der Waals surface area contributed by atoms with E-state index in [1.807, 2.05) is 6.92 Å². The lowest BCUT2D eigenvalue weighted by Crippen LogP contribution is -2.42. The average molecular weight is 518 g/mol. The molecule has 0 aromatic rings. The second kappa shape index (κ2) is 13.9. The van der Waals surface area contributed by atoms with E-state index >= 15 is 0 Å². The zero-order valence-corrected chi connectivity index (χ0v) is 19.4. The molecule has 1 heterocycles.